The lowest BCUT2D eigenvalue weighted by molar-refractivity contribution is -0.131. The van der Waals surface area contributed by atoms with Gasteiger partial charge in [0.1, 0.15) is 11.6 Å². The Bertz CT molecular complexity index is 1030. The summed E-state index contributed by atoms with van der Waals surface area (Å²) in [5.74, 6) is 0.302. The zero-order chi connectivity index (χ0) is 21.6. The van der Waals surface area contributed by atoms with Gasteiger partial charge in [-0.15, -0.1) is 11.3 Å². The Morgan fingerprint density at radius 2 is 1.84 bits per heavy atom. The van der Waals surface area contributed by atoms with E-state index in [4.69, 9.17) is 0 Å². The van der Waals surface area contributed by atoms with Crippen LogP contribution in [0.3, 0.4) is 0 Å². The summed E-state index contributed by atoms with van der Waals surface area (Å²) in [5.41, 5.74) is 1.12. The van der Waals surface area contributed by atoms with E-state index >= 15 is 0 Å². The van der Waals surface area contributed by atoms with Gasteiger partial charge in [-0.25, -0.2) is 14.4 Å². The molecule has 1 aromatic carbocycles. The van der Waals surface area contributed by atoms with Gasteiger partial charge in [-0.1, -0.05) is 6.07 Å². The second-order valence-corrected chi connectivity index (χ2v) is 8.02. The minimum Gasteiger partial charge on any atom is -0.353 e. The van der Waals surface area contributed by atoms with Gasteiger partial charge in [0.15, 0.2) is 5.13 Å². The number of thiazole rings is 1. The topological polar surface area (TPSA) is 78.4 Å². The lowest BCUT2D eigenvalue weighted by Gasteiger charge is -2.35. The average molecular weight is 440 g/mol. The molecule has 160 valence electrons. The number of anilines is 2. The number of hydrogen-bond donors (Lipinski definition) is 1. The first-order chi connectivity index (χ1) is 15.1. The van der Waals surface area contributed by atoms with Gasteiger partial charge in [0.05, 0.1) is 5.69 Å². The van der Waals surface area contributed by atoms with Crippen molar-refractivity contribution < 1.29 is 14.0 Å². The number of pyridine rings is 1. The Kier molecular flexibility index (Phi) is 6.51. The van der Waals surface area contributed by atoms with Crippen LogP contribution in [0.1, 0.15) is 22.5 Å². The molecule has 1 saturated heterocycles. The highest BCUT2D eigenvalue weighted by Gasteiger charge is 2.21. The molecule has 1 aliphatic rings. The number of nitrogens with zero attached hydrogens (tertiary/aromatic N) is 4. The molecule has 1 aliphatic heterocycles. The van der Waals surface area contributed by atoms with Crippen molar-refractivity contribution in [3.8, 4) is 0 Å². The number of halogens is 1. The molecule has 0 aliphatic carbocycles. The van der Waals surface area contributed by atoms with E-state index in [9.17, 15) is 14.0 Å². The zero-order valence-corrected chi connectivity index (χ0v) is 17.6. The number of nitrogens with one attached hydrogen (secondary N) is 1. The fraction of sp³-hybridized carbons (Fsp3) is 0.273. The smallest absolute Gasteiger partial charge is 0.257 e. The van der Waals surface area contributed by atoms with Gasteiger partial charge in [-0.3, -0.25) is 14.9 Å². The minimum atomic E-state index is -0.393. The number of hydrogen-bond acceptors (Lipinski definition) is 6. The Morgan fingerprint density at radius 3 is 2.55 bits per heavy atom. The molecule has 0 atom stereocenters. The molecule has 1 fully saturated rings. The summed E-state index contributed by atoms with van der Waals surface area (Å²) in [4.78, 5) is 37.6. The van der Waals surface area contributed by atoms with Gasteiger partial charge in [0.25, 0.3) is 5.91 Å². The number of benzene rings is 1. The van der Waals surface area contributed by atoms with E-state index in [0.717, 1.165) is 24.6 Å². The van der Waals surface area contributed by atoms with Crippen molar-refractivity contribution >= 4 is 34.1 Å². The average Bonchev–Trinajstić information content (AvgIpc) is 3.26. The number of aryl methyl sites for hydroxylation is 1. The number of carbonyl (C=O) groups excluding carboxylic acids is 2. The van der Waals surface area contributed by atoms with Gasteiger partial charge in [-0.2, -0.15) is 0 Å². The highest BCUT2D eigenvalue weighted by molar-refractivity contribution is 7.14. The molecule has 4 rings (SSSR count). The second kappa shape index (κ2) is 9.65. The summed E-state index contributed by atoms with van der Waals surface area (Å²) >= 11 is 1.31. The van der Waals surface area contributed by atoms with Crippen molar-refractivity contribution in [2.45, 2.75) is 12.8 Å². The first-order valence-electron chi connectivity index (χ1n) is 10.0. The van der Waals surface area contributed by atoms with E-state index in [-0.39, 0.29) is 11.8 Å². The summed E-state index contributed by atoms with van der Waals surface area (Å²) in [6.45, 7) is 2.87. The van der Waals surface area contributed by atoms with Crippen LogP contribution in [0.4, 0.5) is 15.3 Å². The van der Waals surface area contributed by atoms with Crippen molar-refractivity contribution in [2.75, 3.05) is 36.4 Å². The maximum atomic E-state index is 13.0. The number of carbonyl (C=O) groups is 2. The minimum absolute atomic E-state index is 0.102. The standard InChI is InChI=1S/C22H22FN5O2S/c23-17-6-4-16(5-7-17)21(30)26-22-25-18(15-31-22)8-9-20(29)28-13-11-27(12-14-28)19-3-1-2-10-24-19/h1-7,10,15H,8-9,11-14H2,(H,25,26,30). The van der Waals surface area contributed by atoms with Crippen molar-refractivity contribution in [3.05, 3.63) is 71.1 Å². The molecule has 1 N–H and O–H groups in total. The molecule has 9 heteroatoms. The first kappa shape index (κ1) is 20.9. The van der Waals surface area contributed by atoms with E-state index in [0.29, 0.717) is 36.6 Å². The van der Waals surface area contributed by atoms with E-state index in [1.807, 2.05) is 28.5 Å². The molecule has 2 aromatic heterocycles. The lowest BCUT2D eigenvalue weighted by Crippen LogP contribution is -2.49. The van der Waals surface area contributed by atoms with Crippen LogP contribution in [0.15, 0.2) is 54.0 Å². The summed E-state index contributed by atoms with van der Waals surface area (Å²) in [6, 6.07) is 11.2. The molecule has 0 unspecified atom stereocenters. The van der Waals surface area contributed by atoms with Crippen molar-refractivity contribution in [3.63, 3.8) is 0 Å². The lowest BCUT2D eigenvalue weighted by atomic mass is 10.2. The Balaban J connectivity index is 1.23. The summed E-state index contributed by atoms with van der Waals surface area (Å²) in [6.07, 6.45) is 2.66. The first-order valence-corrected chi connectivity index (χ1v) is 10.9. The normalized spacial score (nSPS) is 13.8. The summed E-state index contributed by atoms with van der Waals surface area (Å²) in [7, 11) is 0. The van der Waals surface area contributed by atoms with E-state index < -0.39 is 5.82 Å². The van der Waals surface area contributed by atoms with Crippen LogP contribution < -0.4 is 10.2 Å². The number of amides is 2. The molecule has 3 aromatic rings. The van der Waals surface area contributed by atoms with Crippen molar-refractivity contribution in [1.82, 2.24) is 14.9 Å². The van der Waals surface area contributed by atoms with Crippen molar-refractivity contribution in [1.29, 1.82) is 0 Å². The number of piperazine rings is 1. The fourth-order valence-corrected chi connectivity index (χ4v) is 4.11. The van der Waals surface area contributed by atoms with Crippen LogP contribution >= 0.6 is 11.3 Å². The van der Waals surface area contributed by atoms with E-state index in [2.05, 4.69) is 20.2 Å². The predicted molar refractivity (Wildman–Crippen MR) is 118 cm³/mol. The molecule has 0 radical (unpaired) electrons. The summed E-state index contributed by atoms with van der Waals surface area (Å²) < 4.78 is 13.0. The SMILES string of the molecule is O=C(Nc1nc(CCC(=O)N2CCN(c3ccccn3)CC2)cs1)c1ccc(F)cc1. The van der Waals surface area contributed by atoms with Crippen molar-refractivity contribution in [2.24, 2.45) is 0 Å². The molecule has 7 nitrogen and oxygen atoms in total. The van der Waals surface area contributed by atoms with Gasteiger partial charge < -0.3 is 9.80 Å². The largest absolute Gasteiger partial charge is 0.353 e. The number of rotatable bonds is 6. The van der Waals surface area contributed by atoms with Gasteiger partial charge >= 0.3 is 0 Å². The Hall–Kier alpha value is -3.33. The Labute approximate surface area is 183 Å². The maximum Gasteiger partial charge on any atom is 0.257 e. The van der Waals surface area contributed by atoms with Crippen LogP contribution in [0.2, 0.25) is 0 Å². The Morgan fingerprint density at radius 1 is 1.06 bits per heavy atom. The third-order valence-electron chi connectivity index (χ3n) is 5.08. The molecule has 3 heterocycles. The van der Waals surface area contributed by atoms with Crippen LogP contribution in [0.25, 0.3) is 0 Å². The molecule has 0 bridgehead atoms. The quantitative estimate of drug-likeness (QED) is 0.638. The molecule has 31 heavy (non-hydrogen) atoms. The van der Waals surface area contributed by atoms with Crippen LogP contribution in [0, 0.1) is 5.82 Å². The van der Waals surface area contributed by atoms with Gasteiger partial charge in [-0.05, 0) is 42.8 Å². The second-order valence-electron chi connectivity index (χ2n) is 7.16. The third-order valence-corrected chi connectivity index (χ3v) is 5.89. The summed E-state index contributed by atoms with van der Waals surface area (Å²) in [5, 5.41) is 5.01. The van der Waals surface area contributed by atoms with Crippen LogP contribution in [-0.4, -0.2) is 52.9 Å². The highest BCUT2D eigenvalue weighted by atomic mass is 32.1. The van der Waals surface area contributed by atoms with Crippen LogP contribution in [0.5, 0.6) is 0 Å². The van der Waals surface area contributed by atoms with Crippen LogP contribution in [-0.2, 0) is 11.2 Å². The van der Waals surface area contributed by atoms with E-state index in [1.54, 1.807) is 6.20 Å². The highest BCUT2D eigenvalue weighted by Crippen LogP contribution is 2.19. The molecule has 0 spiro atoms. The monoisotopic (exact) mass is 439 g/mol. The van der Waals surface area contributed by atoms with Gasteiger partial charge in [0.2, 0.25) is 5.91 Å². The van der Waals surface area contributed by atoms with E-state index in [1.165, 1.54) is 35.6 Å². The predicted octanol–water partition coefficient (Wildman–Crippen LogP) is 3.21. The zero-order valence-electron chi connectivity index (χ0n) is 16.8. The third kappa shape index (κ3) is 5.43. The molecule has 0 saturated carbocycles. The van der Waals surface area contributed by atoms with Gasteiger partial charge in [0, 0.05) is 49.7 Å². The molecule has 2 amide bonds. The fourth-order valence-electron chi connectivity index (χ4n) is 3.37. The number of aromatic nitrogens is 2. The molecular weight excluding hydrogens is 417 g/mol. The maximum absolute atomic E-state index is 13.0. The molecular formula is C22H22FN5O2S.